The van der Waals surface area contributed by atoms with Gasteiger partial charge < -0.3 is 19.8 Å². The Morgan fingerprint density at radius 3 is 2.72 bits per heavy atom. The van der Waals surface area contributed by atoms with Gasteiger partial charge in [-0.15, -0.1) is 21.5 Å². The molecule has 0 bridgehead atoms. The van der Waals surface area contributed by atoms with Crippen LogP contribution in [0.3, 0.4) is 0 Å². The first-order valence-corrected chi connectivity index (χ1v) is 16.1. The van der Waals surface area contributed by atoms with Crippen molar-refractivity contribution in [3.8, 4) is 5.69 Å². The van der Waals surface area contributed by atoms with Gasteiger partial charge in [-0.25, -0.2) is 4.79 Å². The Morgan fingerprint density at radius 1 is 1.14 bits per heavy atom. The van der Waals surface area contributed by atoms with E-state index in [-0.39, 0.29) is 30.7 Å². The second-order valence-electron chi connectivity index (χ2n) is 10.4. The summed E-state index contributed by atoms with van der Waals surface area (Å²) in [5.41, 5.74) is 4.39. The van der Waals surface area contributed by atoms with Crippen LogP contribution in [-0.4, -0.2) is 44.4 Å². The lowest BCUT2D eigenvalue weighted by Crippen LogP contribution is -2.25. The highest BCUT2D eigenvalue weighted by atomic mass is 32.2. The summed E-state index contributed by atoms with van der Waals surface area (Å²) in [6, 6.07) is 9.30. The standard InChI is InChI=1S/C31H35N5O5S2/c1-5-40-30(39)26-21-10-7-6-8-12-24(21)43-29(26)33-27(37)20(4)42-31-35-34-25(17-32-28(38)23-11-9-15-41-23)36(31)22-16-18(2)13-14-19(22)3/h9,11,13-16,20H,5-8,10,12,17H2,1-4H3,(H,32,38)(H,33,37)/t20-/m1/s1. The number of fused-ring (bicyclic) bond motifs is 1. The molecular weight excluding hydrogens is 587 g/mol. The van der Waals surface area contributed by atoms with Crippen molar-refractivity contribution in [2.24, 2.45) is 0 Å². The first kappa shape index (κ1) is 30.6. The van der Waals surface area contributed by atoms with E-state index in [4.69, 9.17) is 9.15 Å². The summed E-state index contributed by atoms with van der Waals surface area (Å²) in [7, 11) is 0. The highest BCUT2D eigenvalue weighted by molar-refractivity contribution is 8.00. The zero-order chi connectivity index (χ0) is 30.5. The number of hydrogen-bond acceptors (Lipinski definition) is 9. The minimum absolute atomic E-state index is 0.102. The number of hydrogen-bond donors (Lipinski definition) is 2. The molecule has 4 aromatic rings. The molecule has 43 heavy (non-hydrogen) atoms. The molecule has 0 saturated heterocycles. The van der Waals surface area contributed by atoms with Gasteiger partial charge in [0.1, 0.15) is 5.00 Å². The number of aryl methyl sites for hydroxylation is 3. The van der Waals surface area contributed by atoms with Gasteiger partial charge in [-0.3, -0.25) is 14.2 Å². The van der Waals surface area contributed by atoms with Crippen molar-refractivity contribution >= 4 is 45.9 Å². The third-order valence-electron chi connectivity index (χ3n) is 7.25. The number of carbonyl (C=O) groups is 3. The fourth-order valence-electron chi connectivity index (χ4n) is 5.02. The summed E-state index contributed by atoms with van der Waals surface area (Å²) < 4.78 is 12.5. The molecule has 10 nitrogen and oxygen atoms in total. The molecule has 1 aliphatic carbocycles. The molecule has 0 aliphatic heterocycles. The van der Waals surface area contributed by atoms with E-state index in [2.05, 4.69) is 20.8 Å². The minimum Gasteiger partial charge on any atom is -0.462 e. The predicted molar refractivity (Wildman–Crippen MR) is 166 cm³/mol. The molecule has 0 fully saturated rings. The molecule has 0 radical (unpaired) electrons. The van der Waals surface area contributed by atoms with Gasteiger partial charge in [0.15, 0.2) is 16.7 Å². The molecule has 3 aromatic heterocycles. The molecule has 2 N–H and O–H groups in total. The minimum atomic E-state index is -0.574. The zero-order valence-electron chi connectivity index (χ0n) is 24.7. The lowest BCUT2D eigenvalue weighted by atomic mass is 10.1. The third kappa shape index (κ3) is 6.86. The lowest BCUT2D eigenvalue weighted by Gasteiger charge is -2.16. The zero-order valence-corrected chi connectivity index (χ0v) is 26.3. The molecule has 3 heterocycles. The number of ether oxygens (including phenoxy) is 1. The molecule has 0 saturated carbocycles. The van der Waals surface area contributed by atoms with Gasteiger partial charge >= 0.3 is 5.97 Å². The molecule has 0 spiro atoms. The van der Waals surface area contributed by atoms with E-state index < -0.39 is 11.2 Å². The maximum Gasteiger partial charge on any atom is 0.341 e. The van der Waals surface area contributed by atoms with Crippen molar-refractivity contribution in [2.45, 2.75) is 76.8 Å². The highest BCUT2D eigenvalue weighted by Gasteiger charge is 2.29. The number of nitrogens with one attached hydrogen (secondary N) is 2. The molecule has 12 heteroatoms. The first-order valence-electron chi connectivity index (χ1n) is 14.4. The van der Waals surface area contributed by atoms with Crippen LogP contribution in [0.4, 0.5) is 5.00 Å². The fraction of sp³-hybridized carbons (Fsp3) is 0.387. The largest absolute Gasteiger partial charge is 0.462 e. The van der Waals surface area contributed by atoms with E-state index >= 15 is 0 Å². The van der Waals surface area contributed by atoms with Crippen LogP contribution in [0.2, 0.25) is 0 Å². The SMILES string of the molecule is CCOC(=O)c1c(NC(=O)[C@@H](C)Sc2nnc(CNC(=O)c3ccco3)n2-c2cc(C)ccc2C)sc2c1CCCCC2. The monoisotopic (exact) mass is 621 g/mol. The summed E-state index contributed by atoms with van der Waals surface area (Å²) >= 11 is 2.73. The van der Waals surface area contributed by atoms with Crippen molar-refractivity contribution in [1.29, 1.82) is 0 Å². The Kier molecular flexibility index (Phi) is 9.66. The van der Waals surface area contributed by atoms with Crippen molar-refractivity contribution in [3.63, 3.8) is 0 Å². The molecule has 1 aromatic carbocycles. The van der Waals surface area contributed by atoms with E-state index in [0.29, 0.717) is 21.5 Å². The lowest BCUT2D eigenvalue weighted by molar-refractivity contribution is -0.115. The molecule has 2 amide bonds. The number of thioether (sulfide) groups is 1. The maximum absolute atomic E-state index is 13.6. The van der Waals surface area contributed by atoms with Crippen molar-refractivity contribution in [2.75, 3.05) is 11.9 Å². The second-order valence-corrected chi connectivity index (χ2v) is 12.8. The molecule has 5 rings (SSSR count). The van der Waals surface area contributed by atoms with Crippen LogP contribution in [0.15, 0.2) is 46.2 Å². The Bertz CT molecular complexity index is 1630. The van der Waals surface area contributed by atoms with Crippen LogP contribution in [0.25, 0.3) is 5.69 Å². The average Bonchev–Trinajstić information content (AvgIpc) is 3.69. The average molecular weight is 622 g/mol. The summed E-state index contributed by atoms with van der Waals surface area (Å²) in [6.45, 7) is 7.93. The van der Waals surface area contributed by atoms with Gasteiger partial charge in [-0.05, 0) is 88.3 Å². The van der Waals surface area contributed by atoms with Crippen molar-refractivity contribution < 1.29 is 23.5 Å². The maximum atomic E-state index is 13.6. The normalized spacial score (nSPS) is 13.6. The second kappa shape index (κ2) is 13.6. The number of carbonyl (C=O) groups excluding carboxylic acids is 3. The van der Waals surface area contributed by atoms with Crippen molar-refractivity contribution in [3.05, 3.63) is 75.3 Å². The number of esters is 1. The number of anilines is 1. The first-order chi connectivity index (χ1) is 20.8. The highest BCUT2D eigenvalue weighted by Crippen LogP contribution is 2.38. The van der Waals surface area contributed by atoms with E-state index in [0.717, 1.165) is 59.4 Å². The van der Waals surface area contributed by atoms with E-state index in [1.54, 1.807) is 26.0 Å². The van der Waals surface area contributed by atoms with Crippen LogP contribution in [0.1, 0.15) is 81.4 Å². The van der Waals surface area contributed by atoms with Crippen LogP contribution in [-0.2, 0) is 28.9 Å². The van der Waals surface area contributed by atoms with Gasteiger partial charge in [0.2, 0.25) is 5.91 Å². The number of thiophene rings is 1. The van der Waals surface area contributed by atoms with Crippen LogP contribution >= 0.6 is 23.1 Å². The summed E-state index contributed by atoms with van der Waals surface area (Å²) in [4.78, 5) is 40.2. The summed E-state index contributed by atoms with van der Waals surface area (Å²) in [6.07, 6.45) is 6.33. The number of aromatic nitrogens is 3. The summed E-state index contributed by atoms with van der Waals surface area (Å²) in [5, 5.41) is 15.1. The van der Waals surface area contributed by atoms with Gasteiger partial charge in [0, 0.05) is 4.88 Å². The molecule has 0 unspecified atom stereocenters. The van der Waals surface area contributed by atoms with Crippen LogP contribution in [0, 0.1) is 13.8 Å². The Morgan fingerprint density at radius 2 is 1.95 bits per heavy atom. The van der Waals surface area contributed by atoms with Crippen molar-refractivity contribution in [1.82, 2.24) is 20.1 Å². The molecule has 1 atom stereocenters. The number of rotatable bonds is 10. The van der Waals surface area contributed by atoms with Crippen LogP contribution < -0.4 is 10.6 Å². The number of amides is 2. The van der Waals surface area contributed by atoms with Gasteiger partial charge in [0.05, 0.1) is 35.9 Å². The Labute approximate surface area is 258 Å². The van der Waals surface area contributed by atoms with E-state index in [9.17, 15) is 14.4 Å². The van der Waals surface area contributed by atoms with Gasteiger partial charge in [0.25, 0.3) is 5.91 Å². The third-order valence-corrected chi connectivity index (χ3v) is 9.50. The van der Waals surface area contributed by atoms with E-state index in [1.165, 1.54) is 29.4 Å². The van der Waals surface area contributed by atoms with E-state index in [1.807, 2.05) is 36.6 Å². The number of benzene rings is 1. The number of nitrogens with zero attached hydrogens (tertiary/aromatic N) is 3. The quantitative estimate of drug-likeness (QED) is 0.125. The molecular formula is C31H35N5O5S2. The van der Waals surface area contributed by atoms with Crippen LogP contribution in [0.5, 0.6) is 0 Å². The van der Waals surface area contributed by atoms with Gasteiger partial charge in [-0.2, -0.15) is 0 Å². The Balaban J connectivity index is 1.40. The predicted octanol–water partition coefficient (Wildman–Crippen LogP) is 6.03. The topological polar surface area (TPSA) is 128 Å². The number of furan rings is 1. The Hall–Kier alpha value is -3.90. The fourth-order valence-corrected chi connectivity index (χ4v) is 7.18. The molecule has 226 valence electrons. The van der Waals surface area contributed by atoms with Gasteiger partial charge in [-0.1, -0.05) is 30.3 Å². The molecule has 1 aliphatic rings. The smallest absolute Gasteiger partial charge is 0.341 e. The summed E-state index contributed by atoms with van der Waals surface area (Å²) in [5.74, 6) is -0.307.